The van der Waals surface area contributed by atoms with Gasteiger partial charge in [0.2, 0.25) is 0 Å². The van der Waals surface area contributed by atoms with Gasteiger partial charge in [0.05, 0.1) is 0 Å². The molecule has 0 heteroatoms. The summed E-state index contributed by atoms with van der Waals surface area (Å²) in [6.45, 7) is 84.8. The largest absolute Gasteiger partial charge is 0.0683 e. The van der Waals surface area contributed by atoms with E-state index in [4.69, 9.17) is 0 Å². The van der Waals surface area contributed by atoms with Crippen LogP contribution in [0, 0.1) is 41.5 Å². The van der Waals surface area contributed by atoms with Crippen molar-refractivity contribution < 1.29 is 0 Å². The molecule has 0 heterocycles. The highest BCUT2D eigenvalue weighted by Crippen LogP contribution is 2.20. The molecule has 0 fully saturated rings. The van der Waals surface area contributed by atoms with Gasteiger partial charge in [0.15, 0.2) is 0 Å². The minimum atomic E-state index is 1.23. The summed E-state index contributed by atoms with van der Waals surface area (Å²) in [5, 5.41) is 5.24. The van der Waals surface area contributed by atoms with Gasteiger partial charge in [-0.1, -0.05) is 655 Å². The van der Waals surface area contributed by atoms with E-state index in [1.54, 1.807) is 0 Å². The standard InChI is InChI=1S/2C14H12.2C12H10.2C10H8.2C9H12.18C2H6/c2*1-3-7-13(8-4-1)11-12-14-9-5-2-6-10-14;2*1-3-7-11(8-4-1)12-9-5-2-6-10-12;2*1-2-6-10-8-4-3-7-9(10)5-1;1-7-4-5-8(2)9(3)6-7;1-7-5-4-6-8(2)9(7)3;18*1-2/h2*1-12H;2*1-10H;2*1-8H;2*4-6H,1-3H3;18*1-2H3/b2*12-11+;;;;;;;;;;;;;;;;;;;;;;;;. The first kappa shape index (κ1) is 141. The second kappa shape index (κ2) is 123. The molecule has 0 N–H and O–H groups in total. The van der Waals surface area contributed by atoms with Gasteiger partial charge in [-0.2, -0.15) is 0 Å². The third-order valence-corrected chi connectivity index (χ3v) is 14.8. The highest BCUT2D eigenvalue weighted by Gasteiger charge is 1.96. The summed E-state index contributed by atoms with van der Waals surface area (Å²) in [4.78, 5) is 0. The van der Waals surface area contributed by atoms with Crippen LogP contribution < -0.4 is 0 Å². The van der Waals surface area contributed by atoms with E-state index in [-0.39, 0.29) is 0 Å². The molecule has 0 unspecified atom stereocenters. The van der Waals surface area contributed by atoms with Crippen LogP contribution >= 0.6 is 0 Å². The van der Waals surface area contributed by atoms with Crippen molar-refractivity contribution in [2.24, 2.45) is 0 Å². The van der Waals surface area contributed by atoms with Gasteiger partial charge in [-0.25, -0.2) is 0 Å². The van der Waals surface area contributed by atoms with E-state index in [1.807, 2.05) is 346 Å². The Bertz CT molecular complexity index is 3690. The van der Waals surface area contributed by atoms with Crippen LogP contribution in [0.1, 0.15) is 305 Å². The molecule has 0 aromatic heterocycles. The molecule has 126 heavy (non-hydrogen) atoms. The van der Waals surface area contributed by atoms with Crippen LogP contribution in [0.4, 0.5) is 0 Å². The van der Waals surface area contributed by atoms with Crippen LogP contribution in [-0.2, 0) is 0 Å². The lowest BCUT2D eigenvalue weighted by atomic mass is 10.1. The van der Waals surface area contributed by atoms with E-state index in [2.05, 4.69) is 345 Å². The van der Waals surface area contributed by atoms with Crippen molar-refractivity contribution in [3.05, 3.63) is 432 Å². The van der Waals surface area contributed by atoms with Crippen molar-refractivity contribution in [3.63, 3.8) is 0 Å². The molecule has 0 bridgehead atoms. The molecule has 0 nitrogen and oxygen atoms in total. The number of hydrogen-bond donors (Lipinski definition) is 0. The Balaban J connectivity index is -0.000000112. The first-order valence-electron chi connectivity index (χ1n) is 48.9. The predicted octanol–water partition coefficient (Wildman–Crippen LogP) is 43.8. The molecular weight excluding hydrogens is 1510 g/mol. The van der Waals surface area contributed by atoms with Crippen LogP contribution in [0.2, 0.25) is 0 Å². The van der Waals surface area contributed by atoms with Gasteiger partial charge in [-0.05, 0) is 135 Å². The Kier molecular flexibility index (Phi) is 137. The van der Waals surface area contributed by atoms with E-state index >= 15 is 0 Å². The topological polar surface area (TPSA) is 0 Å². The average Bonchev–Trinajstić information content (AvgIpc) is 0.845. The number of hydrogen-bond acceptors (Lipinski definition) is 0. The highest BCUT2D eigenvalue weighted by molar-refractivity contribution is 5.83. The van der Waals surface area contributed by atoms with E-state index in [0.29, 0.717) is 0 Å². The number of benzene rings is 14. The highest BCUT2D eigenvalue weighted by atomic mass is 14.0. The average molecular weight is 1710 g/mol. The maximum atomic E-state index is 2.20. The first-order chi connectivity index (χ1) is 62.2. The lowest BCUT2D eigenvalue weighted by Gasteiger charge is -2.00. The van der Waals surface area contributed by atoms with Crippen molar-refractivity contribution in [1.82, 2.24) is 0 Å². The van der Waals surface area contributed by atoms with Gasteiger partial charge in [-0.15, -0.1) is 0 Å². The minimum absolute atomic E-state index is 1.23. The van der Waals surface area contributed by atoms with Crippen LogP contribution in [0.15, 0.2) is 376 Å². The van der Waals surface area contributed by atoms with Crippen molar-refractivity contribution in [2.45, 2.75) is 291 Å². The maximum Gasteiger partial charge on any atom is -0.0184 e. The summed E-state index contributed by atoms with van der Waals surface area (Å²) >= 11 is 0. The van der Waals surface area contributed by atoms with E-state index < -0.39 is 0 Å². The fourth-order valence-electron chi connectivity index (χ4n) is 9.22. The van der Waals surface area contributed by atoms with Gasteiger partial charge in [0.25, 0.3) is 0 Å². The molecule has 0 aliphatic rings. The van der Waals surface area contributed by atoms with Crippen LogP contribution in [-0.4, -0.2) is 0 Å². The monoisotopic (exact) mass is 1710 g/mol. The Morgan fingerprint density at radius 2 is 0.278 bits per heavy atom. The Morgan fingerprint density at radius 3 is 0.421 bits per heavy atom. The molecule has 14 aromatic carbocycles. The summed E-state index contributed by atoms with van der Waals surface area (Å²) in [5.41, 5.74) is 18.3. The Morgan fingerprint density at radius 1 is 0.127 bits per heavy atom. The van der Waals surface area contributed by atoms with Crippen LogP contribution in [0.3, 0.4) is 0 Å². The van der Waals surface area contributed by atoms with Crippen LogP contribution in [0.25, 0.3) is 68.1 Å². The van der Waals surface area contributed by atoms with Crippen LogP contribution in [0.5, 0.6) is 0 Å². The maximum absolute atomic E-state index is 2.20. The zero-order valence-corrected chi connectivity index (χ0v) is 89.1. The lowest BCUT2D eigenvalue weighted by Crippen LogP contribution is -1.82. The lowest BCUT2D eigenvalue weighted by molar-refractivity contribution is 1.27. The van der Waals surface area contributed by atoms with E-state index in [0.717, 1.165) is 0 Å². The predicted molar refractivity (Wildman–Crippen MR) is 601 cm³/mol. The third kappa shape index (κ3) is 79.0. The molecule has 0 aliphatic heterocycles. The molecule has 696 valence electrons. The second-order valence-electron chi connectivity index (χ2n) is 21.6. The molecule has 0 saturated heterocycles. The zero-order chi connectivity index (χ0) is 99.1. The fourth-order valence-corrected chi connectivity index (χ4v) is 9.22. The summed E-state index contributed by atoms with van der Waals surface area (Å²) < 4.78 is 0. The van der Waals surface area contributed by atoms with Crippen molar-refractivity contribution in [1.29, 1.82) is 0 Å². The molecule has 0 spiro atoms. The van der Waals surface area contributed by atoms with Gasteiger partial charge in [-0.3, -0.25) is 0 Å². The molecule has 14 rings (SSSR count). The molecule has 0 saturated carbocycles. The van der Waals surface area contributed by atoms with Gasteiger partial charge in [0.1, 0.15) is 0 Å². The SMILES string of the molecule is C(=C\c1ccccc1)/c1ccccc1.C(=C\c1ccccc1)/c1ccccc1.CC.CC.CC.CC.CC.CC.CC.CC.CC.CC.CC.CC.CC.CC.CC.CC.CC.CC.Cc1ccc(C)c(C)c1.Cc1cccc(C)c1C.c1ccc(-c2ccccc2)cc1.c1ccc(-c2ccccc2)cc1.c1ccc2ccccc2c1.c1ccc2ccccc2c1. The summed E-state index contributed by atoms with van der Waals surface area (Å²) in [5.74, 6) is 0. The smallest absolute Gasteiger partial charge is 0.0184 e. The van der Waals surface area contributed by atoms with Gasteiger partial charge in [0, 0.05) is 0 Å². The third-order valence-electron chi connectivity index (χ3n) is 14.8. The number of rotatable bonds is 6. The molecule has 14 aromatic rings. The first-order valence-corrected chi connectivity index (χ1v) is 48.9. The van der Waals surface area contributed by atoms with E-state index in [9.17, 15) is 0 Å². The molecular formula is C126H192. The zero-order valence-electron chi connectivity index (χ0n) is 89.1. The number of fused-ring (bicyclic) bond motifs is 2. The summed E-state index contributed by atoms with van der Waals surface area (Å²) in [7, 11) is 0. The van der Waals surface area contributed by atoms with Crippen molar-refractivity contribution >= 4 is 45.8 Å². The minimum Gasteiger partial charge on any atom is -0.0683 e. The fraction of sp³-hybridized carbons (Fsp3) is 0.333. The quantitative estimate of drug-likeness (QED) is 0.146. The van der Waals surface area contributed by atoms with Gasteiger partial charge < -0.3 is 0 Å². The van der Waals surface area contributed by atoms with Crippen molar-refractivity contribution in [3.8, 4) is 22.3 Å². The van der Waals surface area contributed by atoms with E-state index in [1.165, 1.54) is 99.4 Å². The molecule has 0 radical (unpaired) electrons. The van der Waals surface area contributed by atoms with Gasteiger partial charge >= 0.3 is 0 Å². The summed E-state index contributed by atoms with van der Waals surface area (Å²) in [6, 6.07) is 129. The Hall–Kier alpha value is -10.9. The second-order valence-corrected chi connectivity index (χ2v) is 21.6. The normalized spacial score (nSPS) is 8.02. The number of aryl methyl sites for hydroxylation is 5. The van der Waals surface area contributed by atoms with Crippen molar-refractivity contribution in [2.75, 3.05) is 0 Å². The summed E-state index contributed by atoms with van der Waals surface area (Å²) in [6.07, 6.45) is 8.48. The molecule has 0 amide bonds. The molecule has 0 atom stereocenters. The Labute approximate surface area is 785 Å². The molecule has 0 aliphatic carbocycles.